The van der Waals surface area contributed by atoms with Gasteiger partial charge in [0.05, 0.1) is 0 Å². The minimum atomic E-state index is -4.42. The number of carbonyl (C=O) groups excluding carboxylic acids is 1. The highest BCUT2D eigenvalue weighted by Gasteiger charge is 2.27. The second-order valence-corrected chi connectivity index (χ2v) is 4.69. The lowest BCUT2D eigenvalue weighted by molar-refractivity contribution is -0.139. The molecule has 1 atom stereocenters. The van der Waals surface area contributed by atoms with Crippen molar-refractivity contribution in [2.75, 3.05) is 13.2 Å². The molecule has 0 fully saturated rings. The highest BCUT2D eigenvalue weighted by molar-refractivity contribution is 5.77. The van der Waals surface area contributed by atoms with Gasteiger partial charge in [0.1, 0.15) is 12.3 Å². The van der Waals surface area contributed by atoms with Gasteiger partial charge < -0.3 is 15.8 Å². The Morgan fingerprint density at radius 1 is 1.45 bits per heavy atom. The Morgan fingerprint density at radius 3 is 2.90 bits per heavy atom. The molecular formula is C13H15F3N2O2. The number of hydrogen-bond acceptors (Lipinski definition) is 3. The lowest BCUT2D eigenvalue weighted by atomic mass is 10.1. The van der Waals surface area contributed by atoms with Crippen molar-refractivity contribution in [2.45, 2.75) is 25.1 Å². The molecule has 7 heteroatoms. The lowest BCUT2D eigenvalue weighted by Crippen LogP contribution is -2.36. The zero-order valence-corrected chi connectivity index (χ0v) is 10.7. The van der Waals surface area contributed by atoms with Gasteiger partial charge in [-0.05, 0) is 36.1 Å². The predicted molar refractivity (Wildman–Crippen MR) is 66.3 cm³/mol. The summed E-state index contributed by atoms with van der Waals surface area (Å²) >= 11 is 0. The van der Waals surface area contributed by atoms with E-state index in [9.17, 15) is 18.0 Å². The maximum Gasteiger partial charge on any atom is 0.405 e. The van der Waals surface area contributed by atoms with E-state index in [-0.39, 0.29) is 6.04 Å². The summed E-state index contributed by atoms with van der Waals surface area (Å²) in [6.07, 6.45) is -2.71. The van der Waals surface area contributed by atoms with Crippen molar-refractivity contribution in [1.82, 2.24) is 5.32 Å². The van der Waals surface area contributed by atoms with Crippen molar-refractivity contribution in [2.24, 2.45) is 5.73 Å². The highest BCUT2D eigenvalue weighted by Crippen LogP contribution is 2.31. The molecule has 20 heavy (non-hydrogen) atoms. The molecule has 4 nitrogen and oxygen atoms in total. The van der Waals surface area contributed by atoms with Crippen LogP contribution in [0.4, 0.5) is 13.2 Å². The van der Waals surface area contributed by atoms with Crippen LogP contribution < -0.4 is 15.8 Å². The molecule has 0 bridgehead atoms. The van der Waals surface area contributed by atoms with Crippen molar-refractivity contribution in [1.29, 1.82) is 0 Å². The molecule has 0 spiro atoms. The molecule has 0 saturated heterocycles. The van der Waals surface area contributed by atoms with Crippen LogP contribution in [0.2, 0.25) is 0 Å². The third-order valence-electron chi connectivity index (χ3n) is 3.09. The number of hydrogen-bond donors (Lipinski definition) is 2. The van der Waals surface area contributed by atoms with E-state index in [0.717, 1.165) is 24.0 Å². The molecule has 1 amide bonds. The van der Waals surface area contributed by atoms with Gasteiger partial charge in [-0.2, -0.15) is 13.2 Å². The first kappa shape index (κ1) is 14.6. The molecule has 1 aromatic rings. The molecule has 0 aliphatic heterocycles. The van der Waals surface area contributed by atoms with Crippen LogP contribution in [0.5, 0.6) is 5.75 Å². The summed E-state index contributed by atoms with van der Waals surface area (Å²) in [5, 5.41) is 1.74. The maximum atomic E-state index is 11.9. The van der Waals surface area contributed by atoms with Gasteiger partial charge in [0.25, 0.3) is 5.91 Å². The Bertz CT molecular complexity index is 503. The number of fused-ring (bicyclic) bond motifs is 1. The first-order chi connectivity index (χ1) is 9.35. The normalized spacial score (nSPS) is 17.7. The first-order valence-electron chi connectivity index (χ1n) is 6.20. The van der Waals surface area contributed by atoms with Crippen molar-refractivity contribution in [3.8, 4) is 5.75 Å². The lowest BCUT2D eigenvalue weighted by Gasteiger charge is -2.11. The van der Waals surface area contributed by atoms with E-state index < -0.39 is 25.2 Å². The van der Waals surface area contributed by atoms with Crippen LogP contribution in [-0.2, 0) is 11.2 Å². The third kappa shape index (κ3) is 3.86. The molecule has 2 rings (SSSR count). The summed E-state index contributed by atoms with van der Waals surface area (Å²) in [6.45, 7) is -1.80. The van der Waals surface area contributed by atoms with Gasteiger partial charge in [-0.3, -0.25) is 4.79 Å². The Morgan fingerprint density at radius 2 is 2.20 bits per heavy atom. The second kappa shape index (κ2) is 5.70. The van der Waals surface area contributed by atoms with Gasteiger partial charge in [-0.1, -0.05) is 6.07 Å². The number of carbonyl (C=O) groups is 1. The number of alkyl halides is 3. The molecule has 1 aromatic carbocycles. The molecule has 110 valence electrons. The van der Waals surface area contributed by atoms with Gasteiger partial charge >= 0.3 is 6.18 Å². The number of benzene rings is 1. The molecule has 0 saturated carbocycles. The number of aryl methyl sites for hydroxylation is 1. The van der Waals surface area contributed by atoms with Crippen LogP contribution in [-0.4, -0.2) is 25.2 Å². The predicted octanol–water partition coefficient (Wildman–Crippen LogP) is 1.69. The molecule has 1 unspecified atom stereocenters. The number of ether oxygens (including phenoxy) is 1. The molecule has 1 aliphatic carbocycles. The average molecular weight is 288 g/mol. The van der Waals surface area contributed by atoms with E-state index in [4.69, 9.17) is 10.5 Å². The summed E-state index contributed by atoms with van der Waals surface area (Å²) < 4.78 is 40.9. The zero-order chi connectivity index (χ0) is 14.8. The van der Waals surface area contributed by atoms with Crippen LogP contribution in [0.3, 0.4) is 0 Å². The largest absolute Gasteiger partial charge is 0.484 e. The fraction of sp³-hybridized carbons (Fsp3) is 0.462. The van der Waals surface area contributed by atoms with Crippen molar-refractivity contribution in [3.05, 3.63) is 29.3 Å². The zero-order valence-electron chi connectivity index (χ0n) is 10.7. The number of nitrogens with two attached hydrogens (primary N) is 1. The van der Waals surface area contributed by atoms with Gasteiger partial charge in [-0.25, -0.2) is 0 Å². The molecule has 0 radical (unpaired) electrons. The topological polar surface area (TPSA) is 64.3 Å². The van der Waals surface area contributed by atoms with Crippen molar-refractivity contribution in [3.63, 3.8) is 0 Å². The van der Waals surface area contributed by atoms with E-state index in [0.29, 0.717) is 5.75 Å². The van der Waals surface area contributed by atoms with Gasteiger partial charge in [-0.15, -0.1) is 0 Å². The summed E-state index contributed by atoms with van der Waals surface area (Å²) in [6, 6.07) is 5.30. The molecule has 3 N–H and O–H groups in total. The van der Waals surface area contributed by atoms with E-state index >= 15 is 0 Å². The Labute approximate surface area is 114 Å². The Balaban J connectivity index is 1.84. The number of amides is 1. The third-order valence-corrected chi connectivity index (χ3v) is 3.09. The molecule has 0 aromatic heterocycles. The van der Waals surface area contributed by atoms with Crippen molar-refractivity contribution < 1.29 is 22.7 Å². The monoisotopic (exact) mass is 288 g/mol. The van der Waals surface area contributed by atoms with Gasteiger partial charge in [0.2, 0.25) is 0 Å². The fourth-order valence-corrected chi connectivity index (χ4v) is 2.12. The first-order valence-corrected chi connectivity index (χ1v) is 6.20. The standard InChI is InChI=1S/C13H15F3N2O2/c14-13(15,16)7-18-12(19)6-20-9-2-3-10-8(5-9)1-4-11(10)17/h2-3,5,11H,1,4,6-7,17H2,(H,18,19). The van der Waals surface area contributed by atoms with E-state index in [1.807, 2.05) is 6.07 Å². The maximum absolute atomic E-state index is 11.9. The molecule has 0 heterocycles. The average Bonchev–Trinajstić information content (AvgIpc) is 2.74. The second-order valence-electron chi connectivity index (χ2n) is 4.69. The van der Waals surface area contributed by atoms with Crippen LogP contribution in [0.25, 0.3) is 0 Å². The van der Waals surface area contributed by atoms with Crippen LogP contribution in [0.1, 0.15) is 23.6 Å². The Hall–Kier alpha value is -1.76. The smallest absolute Gasteiger partial charge is 0.405 e. The summed E-state index contributed by atoms with van der Waals surface area (Å²) in [5.41, 5.74) is 8.00. The van der Waals surface area contributed by atoms with E-state index in [1.165, 1.54) is 0 Å². The highest BCUT2D eigenvalue weighted by atomic mass is 19.4. The number of rotatable bonds is 4. The minimum absolute atomic E-state index is 0.0223. The van der Waals surface area contributed by atoms with Gasteiger partial charge in [0.15, 0.2) is 6.61 Å². The molecule has 1 aliphatic rings. The van der Waals surface area contributed by atoms with Crippen LogP contribution in [0, 0.1) is 0 Å². The Kier molecular flexibility index (Phi) is 4.17. The van der Waals surface area contributed by atoms with E-state index in [2.05, 4.69) is 0 Å². The number of halogens is 3. The minimum Gasteiger partial charge on any atom is -0.484 e. The fourth-order valence-electron chi connectivity index (χ4n) is 2.12. The van der Waals surface area contributed by atoms with Crippen LogP contribution in [0.15, 0.2) is 18.2 Å². The number of nitrogens with one attached hydrogen (secondary N) is 1. The van der Waals surface area contributed by atoms with E-state index in [1.54, 1.807) is 17.4 Å². The summed E-state index contributed by atoms with van der Waals surface area (Å²) in [4.78, 5) is 11.2. The summed E-state index contributed by atoms with van der Waals surface area (Å²) in [7, 11) is 0. The van der Waals surface area contributed by atoms with Crippen molar-refractivity contribution >= 4 is 5.91 Å². The van der Waals surface area contributed by atoms with Gasteiger partial charge in [0, 0.05) is 6.04 Å². The molecular weight excluding hydrogens is 273 g/mol. The SMILES string of the molecule is NC1CCc2cc(OCC(=O)NCC(F)(F)F)ccc21. The van der Waals surface area contributed by atoms with Crippen LogP contribution >= 0.6 is 0 Å². The quantitative estimate of drug-likeness (QED) is 0.886. The summed E-state index contributed by atoms with van der Waals surface area (Å²) in [5.74, 6) is -0.348.